The van der Waals surface area contributed by atoms with Crippen molar-refractivity contribution < 1.29 is 4.42 Å². The van der Waals surface area contributed by atoms with Crippen molar-refractivity contribution in [2.75, 3.05) is 4.90 Å². The van der Waals surface area contributed by atoms with Crippen LogP contribution in [0.15, 0.2) is 265 Å². The number of rotatable bonds is 7. The zero-order chi connectivity index (χ0) is 54.2. The van der Waals surface area contributed by atoms with E-state index in [1.807, 2.05) is 36.5 Å². The predicted octanol–water partition coefficient (Wildman–Crippen LogP) is 20.3. The van der Waals surface area contributed by atoms with Crippen LogP contribution in [0.4, 0.5) is 17.1 Å². The van der Waals surface area contributed by atoms with Crippen LogP contribution in [0.1, 0.15) is 25.0 Å². The van der Waals surface area contributed by atoms with Crippen LogP contribution in [0.2, 0.25) is 0 Å². The van der Waals surface area contributed by atoms with Crippen LogP contribution in [0.3, 0.4) is 0 Å². The van der Waals surface area contributed by atoms with Gasteiger partial charge in [0.1, 0.15) is 11.1 Å². The lowest BCUT2D eigenvalue weighted by molar-refractivity contribution is 0.661. The topological polar surface area (TPSA) is 60.0 Å². The first-order valence-corrected chi connectivity index (χ1v) is 28.1. The molecule has 16 aromatic rings. The van der Waals surface area contributed by atoms with Crippen molar-refractivity contribution in [1.82, 2.24) is 19.5 Å². The quantitative estimate of drug-likeness (QED) is 0.149. The number of hydrogen-bond donors (Lipinski definition) is 0. The van der Waals surface area contributed by atoms with Crippen LogP contribution in [0.5, 0.6) is 0 Å². The maximum Gasteiger partial charge on any atom is 0.235 e. The van der Waals surface area contributed by atoms with Gasteiger partial charge in [0.05, 0.1) is 28.3 Å². The lowest BCUT2D eigenvalue weighted by atomic mass is 9.81. The summed E-state index contributed by atoms with van der Waals surface area (Å²) in [6, 6.07) is 92.0. The third kappa shape index (κ3) is 6.91. The van der Waals surface area contributed by atoms with Gasteiger partial charge in [0, 0.05) is 50.1 Å². The molecule has 1 aliphatic rings. The highest BCUT2D eigenvalue weighted by Crippen LogP contribution is 2.55. The fourth-order valence-electron chi connectivity index (χ4n) is 13.6. The van der Waals surface area contributed by atoms with E-state index in [0.717, 1.165) is 100.0 Å². The zero-order valence-electron chi connectivity index (χ0n) is 45.0. The van der Waals surface area contributed by atoms with E-state index in [-0.39, 0.29) is 5.41 Å². The molecule has 17 rings (SSSR count). The van der Waals surface area contributed by atoms with Gasteiger partial charge in [-0.3, -0.25) is 9.55 Å². The lowest BCUT2D eigenvalue weighted by Gasteiger charge is -2.32. The molecule has 0 saturated carbocycles. The highest BCUT2D eigenvalue weighted by Gasteiger charge is 2.39. The van der Waals surface area contributed by atoms with E-state index < -0.39 is 0 Å². The van der Waals surface area contributed by atoms with Crippen molar-refractivity contribution >= 4 is 104 Å². The molecule has 0 unspecified atom stereocenters. The minimum atomic E-state index is -0.237. The SMILES string of the molecule is CC1(C)c2ccccc2-c2cccc(N(c3cccc(-c4ccc5c(c4)c4ccc6c7cc8c9ccccc9c9ccccc9c8cc7oc6c4n5-c4nc(-c5ccccc5)cc(-c5ccccn5)n4)c3)c3ccc4ccccc4c3)c21. The molecule has 82 heavy (non-hydrogen) atoms. The summed E-state index contributed by atoms with van der Waals surface area (Å²) in [6.45, 7) is 4.74. The van der Waals surface area contributed by atoms with Crippen molar-refractivity contribution in [3.8, 4) is 50.8 Å². The van der Waals surface area contributed by atoms with Gasteiger partial charge in [0.2, 0.25) is 5.95 Å². The highest BCUT2D eigenvalue weighted by atomic mass is 16.3. The van der Waals surface area contributed by atoms with E-state index in [4.69, 9.17) is 19.4 Å². The van der Waals surface area contributed by atoms with Gasteiger partial charge in [-0.2, -0.15) is 0 Å². The molecule has 0 spiro atoms. The lowest BCUT2D eigenvalue weighted by Crippen LogP contribution is -2.20. The van der Waals surface area contributed by atoms with Crippen LogP contribution < -0.4 is 4.90 Å². The molecule has 0 amide bonds. The van der Waals surface area contributed by atoms with Crippen molar-refractivity contribution in [3.05, 3.63) is 272 Å². The molecule has 0 saturated heterocycles. The number of anilines is 3. The summed E-state index contributed by atoms with van der Waals surface area (Å²) < 4.78 is 9.52. The molecule has 0 fully saturated rings. The third-order valence-electron chi connectivity index (χ3n) is 17.4. The second-order valence-electron chi connectivity index (χ2n) is 22.3. The van der Waals surface area contributed by atoms with Gasteiger partial charge >= 0.3 is 0 Å². The highest BCUT2D eigenvalue weighted by molar-refractivity contribution is 6.29. The van der Waals surface area contributed by atoms with Crippen LogP contribution in [-0.4, -0.2) is 19.5 Å². The van der Waals surface area contributed by atoms with Gasteiger partial charge in [-0.1, -0.05) is 190 Å². The van der Waals surface area contributed by atoms with Crippen LogP contribution in [-0.2, 0) is 5.41 Å². The van der Waals surface area contributed by atoms with Gasteiger partial charge in [0.25, 0.3) is 0 Å². The molecule has 0 N–H and O–H groups in total. The molecule has 0 bridgehead atoms. The van der Waals surface area contributed by atoms with Crippen molar-refractivity contribution in [1.29, 1.82) is 0 Å². The first-order chi connectivity index (χ1) is 40.4. The Morgan fingerprint density at radius 1 is 0.402 bits per heavy atom. The van der Waals surface area contributed by atoms with E-state index in [9.17, 15) is 0 Å². The molecule has 1 aliphatic carbocycles. The molecule has 0 atom stereocenters. The Hall–Kier alpha value is -10.7. The monoisotopic (exact) mass is 1050 g/mol. The van der Waals surface area contributed by atoms with Crippen LogP contribution in [0.25, 0.3) is 138 Å². The average Bonchev–Trinajstić information content (AvgIpc) is 3.86. The number of aromatic nitrogens is 4. The third-order valence-corrected chi connectivity index (χ3v) is 17.4. The molecule has 384 valence electrons. The zero-order valence-corrected chi connectivity index (χ0v) is 45.0. The Balaban J connectivity index is 0.909. The molecule has 4 heterocycles. The Morgan fingerprint density at radius 3 is 1.88 bits per heavy atom. The maximum absolute atomic E-state index is 7.30. The second kappa shape index (κ2) is 17.7. The summed E-state index contributed by atoms with van der Waals surface area (Å²) in [4.78, 5) is 18.2. The molecule has 0 radical (unpaired) electrons. The number of nitrogens with zero attached hydrogens (tertiary/aromatic N) is 5. The summed E-state index contributed by atoms with van der Waals surface area (Å²) in [7, 11) is 0. The smallest absolute Gasteiger partial charge is 0.235 e. The standard InChI is InChI=1S/C76H49N5O/c1-76(2)65-30-13-12-28-57(65)58-29-17-32-70(72(58)76)80(52-35-33-46-18-6-7-21-48(46)40-52)51-23-16-22-49(41-51)50-34-38-69-63(42-50)59-36-37-60-64-43-61-55-26-10-8-24-53(55)54-25-9-11-27-56(54)62(61)44-71(64)82-74(60)73(59)81(69)75-78-67(47-19-4-3-5-20-47)45-68(79-75)66-31-14-15-39-77-66/h3-45H,1-2H3. The number of benzene rings is 12. The molecule has 0 aliphatic heterocycles. The van der Waals surface area contributed by atoms with Gasteiger partial charge in [-0.05, 0) is 155 Å². The van der Waals surface area contributed by atoms with Gasteiger partial charge in [-0.15, -0.1) is 0 Å². The minimum Gasteiger partial charge on any atom is -0.454 e. The van der Waals surface area contributed by atoms with Crippen LogP contribution in [0, 0.1) is 0 Å². The minimum absolute atomic E-state index is 0.237. The second-order valence-corrected chi connectivity index (χ2v) is 22.3. The number of furan rings is 1. The summed E-state index contributed by atoms with van der Waals surface area (Å²) in [5, 5.41) is 13.8. The van der Waals surface area contributed by atoms with Crippen molar-refractivity contribution in [2.45, 2.75) is 19.3 Å². The summed E-state index contributed by atoms with van der Waals surface area (Å²) in [5.41, 5.74) is 17.2. The summed E-state index contributed by atoms with van der Waals surface area (Å²) in [5.74, 6) is 0.526. The van der Waals surface area contributed by atoms with Gasteiger partial charge < -0.3 is 9.32 Å². The van der Waals surface area contributed by atoms with Crippen LogP contribution >= 0.6 is 0 Å². The fourth-order valence-corrected chi connectivity index (χ4v) is 13.6. The summed E-state index contributed by atoms with van der Waals surface area (Å²) >= 11 is 0. The molecular formula is C76H49N5O. The van der Waals surface area contributed by atoms with Crippen molar-refractivity contribution in [2.24, 2.45) is 0 Å². The maximum atomic E-state index is 7.30. The van der Waals surface area contributed by atoms with E-state index in [0.29, 0.717) is 5.95 Å². The first-order valence-electron chi connectivity index (χ1n) is 28.1. The molecular weight excluding hydrogens is 999 g/mol. The van der Waals surface area contributed by atoms with E-state index in [1.165, 1.54) is 60.0 Å². The molecule has 4 aromatic heterocycles. The first kappa shape index (κ1) is 46.2. The van der Waals surface area contributed by atoms with E-state index in [1.54, 1.807) is 0 Å². The Labute approximate surface area is 472 Å². The Kier molecular flexibility index (Phi) is 9.96. The largest absolute Gasteiger partial charge is 0.454 e. The fraction of sp³-hybridized carbons (Fsp3) is 0.0395. The normalized spacial score (nSPS) is 12.9. The van der Waals surface area contributed by atoms with Gasteiger partial charge in [0.15, 0.2) is 5.58 Å². The number of pyridine rings is 1. The average molecular weight is 1050 g/mol. The number of hydrogen-bond acceptors (Lipinski definition) is 5. The molecule has 6 nitrogen and oxygen atoms in total. The van der Waals surface area contributed by atoms with Gasteiger partial charge in [-0.25, -0.2) is 9.97 Å². The Bertz CT molecular complexity index is 5270. The Morgan fingerprint density at radius 2 is 1.06 bits per heavy atom. The van der Waals surface area contributed by atoms with E-state index >= 15 is 0 Å². The molecule has 6 heteroatoms. The van der Waals surface area contributed by atoms with E-state index in [2.05, 4.69) is 248 Å². The predicted molar refractivity (Wildman–Crippen MR) is 340 cm³/mol. The summed E-state index contributed by atoms with van der Waals surface area (Å²) in [6.07, 6.45) is 1.82. The molecule has 12 aromatic carbocycles. The van der Waals surface area contributed by atoms with Crippen molar-refractivity contribution in [3.63, 3.8) is 0 Å². The number of fused-ring (bicyclic) bond motifs is 17.